The molecule has 0 fully saturated rings. The smallest absolute Gasteiger partial charge is 0.289 e. The lowest BCUT2D eigenvalue weighted by Gasteiger charge is -2.05. The van der Waals surface area contributed by atoms with Crippen LogP contribution in [0.25, 0.3) is 11.3 Å². The van der Waals surface area contributed by atoms with Crippen molar-refractivity contribution in [1.29, 1.82) is 0 Å². The Morgan fingerprint density at radius 1 is 1.11 bits per heavy atom. The first-order chi connectivity index (χ1) is 13.5. The number of nitrogens with zero attached hydrogens (tertiary/aromatic N) is 2. The number of benzene rings is 2. The van der Waals surface area contributed by atoms with Gasteiger partial charge >= 0.3 is 0 Å². The van der Waals surface area contributed by atoms with E-state index in [0.29, 0.717) is 12.3 Å². The van der Waals surface area contributed by atoms with E-state index in [4.69, 9.17) is 4.74 Å². The molecular weight excluding hydrogens is 352 g/mol. The first-order valence-electron chi connectivity index (χ1n) is 9.19. The van der Waals surface area contributed by atoms with Crippen molar-refractivity contribution in [2.24, 2.45) is 5.10 Å². The predicted octanol–water partition coefficient (Wildman–Crippen LogP) is 4.25. The van der Waals surface area contributed by atoms with Gasteiger partial charge in [-0.25, -0.2) is 5.43 Å². The predicted molar refractivity (Wildman–Crippen MR) is 111 cm³/mol. The maximum Gasteiger partial charge on any atom is 0.289 e. The molecule has 2 N–H and O–H groups in total. The van der Waals surface area contributed by atoms with Crippen molar-refractivity contribution in [2.75, 3.05) is 6.61 Å². The first kappa shape index (κ1) is 19.4. The van der Waals surface area contributed by atoms with Crippen molar-refractivity contribution in [1.82, 2.24) is 15.6 Å². The fourth-order valence-electron chi connectivity index (χ4n) is 2.83. The van der Waals surface area contributed by atoms with Gasteiger partial charge in [0.2, 0.25) is 0 Å². The second-order valence-electron chi connectivity index (χ2n) is 6.53. The summed E-state index contributed by atoms with van der Waals surface area (Å²) in [6, 6.07) is 15.6. The summed E-state index contributed by atoms with van der Waals surface area (Å²) in [5.41, 5.74) is 8.27. The van der Waals surface area contributed by atoms with E-state index in [1.54, 1.807) is 0 Å². The summed E-state index contributed by atoms with van der Waals surface area (Å²) < 4.78 is 5.46. The molecule has 1 heterocycles. The monoisotopic (exact) mass is 376 g/mol. The van der Waals surface area contributed by atoms with Crippen LogP contribution < -0.4 is 10.2 Å². The molecule has 0 unspecified atom stereocenters. The van der Waals surface area contributed by atoms with Crippen molar-refractivity contribution in [3.63, 3.8) is 0 Å². The normalized spacial score (nSPS) is 11.4. The zero-order chi connectivity index (χ0) is 20.1. The third-order valence-electron chi connectivity index (χ3n) is 4.47. The third kappa shape index (κ3) is 4.28. The van der Waals surface area contributed by atoms with Crippen molar-refractivity contribution < 1.29 is 9.53 Å². The Labute approximate surface area is 164 Å². The highest BCUT2D eigenvalue weighted by molar-refractivity contribution is 6.01. The molecule has 0 saturated heterocycles. The molecule has 0 aliphatic rings. The zero-order valence-electron chi connectivity index (χ0n) is 16.5. The number of hydrazone groups is 1. The molecule has 0 atom stereocenters. The maximum atomic E-state index is 12.5. The minimum atomic E-state index is -0.325. The van der Waals surface area contributed by atoms with E-state index >= 15 is 0 Å². The molecule has 0 radical (unpaired) electrons. The summed E-state index contributed by atoms with van der Waals surface area (Å²) in [6.07, 6.45) is 0. The Hall–Kier alpha value is -3.41. The first-order valence-corrected chi connectivity index (χ1v) is 9.19. The number of aryl methyl sites for hydroxylation is 1. The van der Waals surface area contributed by atoms with E-state index in [1.807, 2.05) is 76.2 Å². The fraction of sp³-hybridized carbons (Fsp3) is 0.227. The molecule has 6 nitrogen and oxygen atoms in total. The van der Waals surface area contributed by atoms with Crippen LogP contribution in [0.3, 0.4) is 0 Å². The zero-order valence-corrected chi connectivity index (χ0v) is 16.5. The molecule has 0 aliphatic carbocycles. The molecule has 2 aromatic carbocycles. The van der Waals surface area contributed by atoms with E-state index in [0.717, 1.165) is 33.8 Å². The summed E-state index contributed by atoms with van der Waals surface area (Å²) in [4.78, 5) is 12.5. The number of aromatic nitrogens is 2. The van der Waals surface area contributed by atoms with E-state index in [9.17, 15) is 4.79 Å². The second kappa shape index (κ2) is 8.52. The number of rotatable bonds is 6. The number of carbonyl (C=O) groups excluding carboxylic acids is 1. The van der Waals surface area contributed by atoms with Crippen LogP contribution in [0, 0.1) is 13.8 Å². The van der Waals surface area contributed by atoms with Gasteiger partial charge in [0, 0.05) is 11.1 Å². The van der Waals surface area contributed by atoms with E-state index < -0.39 is 0 Å². The van der Waals surface area contributed by atoms with Gasteiger partial charge in [-0.2, -0.15) is 10.2 Å². The Kier molecular flexibility index (Phi) is 5.89. The largest absolute Gasteiger partial charge is 0.494 e. The fourth-order valence-corrected chi connectivity index (χ4v) is 2.83. The molecule has 28 heavy (non-hydrogen) atoms. The summed E-state index contributed by atoms with van der Waals surface area (Å²) in [5, 5.41) is 11.3. The highest BCUT2D eigenvalue weighted by Gasteiger charge is 2.17. The van der Waals surface area contributed by atoms with E-state index in [2.05, 4.69) is 20.7 Å². The molecule has 0 saturated carbocycles. The Morgan fingerprint density at radius 3 is 2.43 bits per heavy atom. The van der Waals surface area contributed by atoms with Gasteiger partial charge in [-0.1, -0.05) is 29.8 Å². The maximum absolute atomic E-state index is 12.5. The molecule has 6 heteroatoms. The van der Waals surface area contributed by atoms with Crippen molar-refractivity contribution in [3.8, 4) is 17.0 Å². The average molecular weight is 376 g/mol. The van der Waals surface area contributed by atoms with Crippen molar-refractivity contribution in [3.05, 3.63) is 70.9 Å². The SMILES string of the molecule is CCOc1ccc(-c2n[nH]c(C(=O)N/N=C(\C)c3ccc(C)cc3)c2C)cc1. The standard InChI is InChI=1S/C22H24N4O2/c1-5-28-19-12-10-18(11-13-19)20-15(3)21(25-24-20)22(27)26-23-16(4)17-8-6-14(2)7-9-17/h6-13H,5H2,1-4H3,(H,24,25)(H,26,27)/b23-16+. The highest BCUT2D eigenvalue weighted by atomic mass is 16.5. The number of nitrogens with one attached hydrogen (secondary N) is 2. The topological polar surface area (TPSA) is 79.4 Å². The molecule has 0 bridgehead atoms. The number of aromatic amines is 1. The summed E-state index contributed by atoms with van der Waals surface area (Å²) >= 11 is 0. The molecule has 144 valence electrons. The van der Waals surface area contributed by atoms with Crippen LogP contribution in [0.15, 0.2) is 53.6 Å². The summed E-state index contributed by atoms with van der Waals surface area (Å²) in [6.45, 7) is 8.31. The lowest BCUT2D eigenvalue weighted by Crippen LogP contribution is -2.20. The lowest BCUT2D eigenvalue weighted by atomic mass is 10.1. The van der Waals surface area contributed by atoms with Crippen LogP contribution >= 0.6 is 0 Å². The number of amides is 1. The minimum absolute atomic E-state index is 0.325. The molecule has 1 aromatic heterocycles. The Morgan fingerprint density at radius 2 is 1.79 bits per heavy atom. The quantitative estimate of drug-likeness (QED) is 0.499. The van der Waals surface area contributed by atoms with Crippen molar-refractivity contribution >= 4 is 11.6 Å². The van der Waals surface area contributed by atoms with Gasteiger partial charge in [0.1, 0.15) is 11.4 Å². The minimum Gasteiger partial charge on any atom is -0.494 e. The van der Waals surface area contributed by atoms with Crippen LogP contribution in [0.4, 0.5) is 0 Å². The summed E-state index contributed by atoms with van der Waals surface area (Å²) in [7, 11) is 0. The molecule has 3 rings (SSSR count). The van der Waals surface area contributed by atoms with Crippen LogP contribution in [0.5, 0.6) is 5.75 Å². The molecule has 1 amide bonds. The van der Waals surface area contributed by atoms with Gasteiger partial charge in [0.25, 0.3) is 5.91 Å². The van der Waals surface area contributed by atoms with E-state index in [1.165, 1.54) is 5.56 Å². The van der Waals surface area contributed by atoms with Crippen molar-refractivity contribution in [2.45, 2.75) is 27.7 Å². The second-order valence-corrected chi connectivity index (χ2v) is 6.53. The van der Waals surface area contributed by atoms with Gasteiger partial charge in [0.05, 0.1) is 18.0 Å². The van der Waals surface area contributed by atoms with Gasteiger partial charge in [-0.15, -0.1) is 0 Å². The molecule has 0 aliphatic heterocycles. The van der Waals surface area contributed by atoms with Crippen LogP contribution in [0.2, 0.25) is 0 Å². The summed E-state index contributed by atoms with van der Waals surface area (Å²) in [5.74, 6) is 0.479. The van der Waals surface area contributed by atoms with Gasteiger partial charge < -0.3 is 4.74 Å². The van der Waals surface area contributed by atoms with Crippen LogP contribution in [-0.2, 0) is 0 Å². The van der Waals surface area contributed by atoms with Crippen LogP contribution in [-0.4, -0.2) is 28.4 Å². The van der Waals surface area contributed by atoms with Crippen LogP contribution in [0.1, 0.15) is 41.0 Å². The molecule has 0 spiro atoms. The number of hydrogen-bond donors (Lipinski definition) is 2. The lowest BCUT2D eigenvalue weighted by molar-refractivity contribution is 0.0949. The number of H-pyrrole nitrogens is 1. The Balaban J connectivity index is 1.74. The number of carbonyl (C=O) groups is 1. The van der Waals surface area contributed by atoms with Gasteiger partial charge in [-0.3, -0.25) is 9.89 Å². The average Bonchev–Trinajstić information content (AvgIpc) is 3.09. The Bertz CT molecular complexity index is 986. The van der Waals surface area contributed by atoms with E-state index in [-0.39, 0.29) is 5.91 Å². The third-order valence-corrected chi connectivity index (χ3v) is 4.47. The number of ether oxygens (including phenoxy) is 1. The highest BCUT2D eigenvalue weighted by Crippen LogP contribution is 2.25. The molecule has 3 aromatic rings. The molecular formula is C22H24N4O2. The number of hydrogen-bond acceptors (Lipinski definition) is 4. The van der Waals surface area contributed by atoms with Gasteiger partial charge in [0.15, 0.2) is 0 Å². The van der Waals surface area contributed by atoms with Gasteiger partial charge in [-0.05, 0) is 57.5 Å².